The van der Waals surface area contributed by atoms with Crippen molar-refractivity contribution in [3.63, 3.8) is 0 Å². The Morgan fingerprint density at radius 2 is 2.00 bits per heavy atom. The monoisotopic (exact) mass is 166 g/mol. The summed E-state index contributed by atoms with van der Waals surface area (Å²) >= 11 is 0. The largest absolute Gasteiger partial charge is 0.290 e. The molecule has 0 bridgehead atoms. The highest BCUT2D eigenvalue weighted by Crippen LogP contribution is 2.13. The standard InChI is InChI=1S/C9H11OP/c1-6-3-4-7(2)8(5-6)9(10)11/h3-5H,11H2,1-2H3. The number of rotatable bonds is 1. The second-order valence-electron chi connectivity index (χ2n) is 2.68. The van der Waals surface area contributed by atoms with E-state index in [9.17, 15) is 4.79 Å². The molecular formula is C9H11OP. The van der Waals surface area contributed by atoms with E-state index in [0.717, 1.165) is 16.7 Å². The molecule has 11 heavy (non-hydrogen) atoms. The first-order chi connectivity index (χ1) is 5.11. The molecule has 58 valence electrons. The summed E-state index contributed by atoms with van der Waals surface area (Å²) in [6.07, 6.45) is 0. The van der Waals surface area contributed by atoms with Crippen LogP contribution in [-0.2, 0) is 0 Å². The fourth-order valence-electron chi connectivity index (χ4n) is 1.00. The van der Waals surface area contributed by atoms with Gasteiger partial charge in [-0.05, 0) is 25.5 Å². The summed E-state index contributed by atoms with van der Waals surface area (Å²) in [7, 11) is 2.19. The first kappa shape index (κ1) is 8.42. The van der Waals surface area contributed by atoms with Crippen LogP contribution in [0.15, 0.2) is 18.2 Å². The number of hydrogen-bond acceptors (Lipinski definition) is 1. The summed E-state index contributed by atoms with van der Waals surface area (Å²) in [6, 6.07) is 5.88. The Labute approximate surface area is 69.0 Å². The summed E-state index contributed by atoms with van der Waals surface area (Å²) in [5, 5.41) is 0. The third-order valence-electron chi connectivity index (χ3n) is 1.66. The molecule has 1 aromatic carbocycles. The van der Waals surface area contributed by atoms with Crippen LogP contribution < -0.4 is 0 Å². The van der Waals surface area contributed by atoms with Gasteiger partial charge in [-0.3, -0.25) is 4.79 Å². The zero-order valence-corrected chi connectivity index (χ0v) is 7.87. The van der Waals surface area contributed by atoms with Crippen molar-refractivity contribution in [3.8, 4) is 0 Å². The molecule has 0 radical (unpaired) electrons. The van der Waals surface area contributed by atoms with Gasteiger partial charge in [-0.2, -0.15) is 0 Å². The molecule has 0 aliphatic heterocycles. The average Bonchev–Trinajstić information content (AvgIpc) is 1.94. The van der Waals surface area contributed by atoms with Crippen molar-refractivity contribution < 1.29 is 4.79 Å². The number of benzene rings is 1. The van der Waals surface area contributed by atoms with Gasteiger partial charge < -0.3 is 0 Å². The van der Waals surface area contributed by atoms with Crippen LogP contribution in [0, 0.1) is 13.8 Å². The molecule has 0 saturated heterocycles. The van der Waals surface area contributed by atoms with Gasteiger partial charge in [0.2, 0.25) is 0 Å². The van der Waals surface area contributed by atoms with Crippen molar-refractivity contribution in [3.05, 3.63) is 34.9 Å². The molecule has 0 N–H and O–H groups in total. The maximum absolute atomic E-state index is 11.0. The fourth-order valence-corrected chi connectivity index (χ4v) is 1.31. The normalized spacial score (nSPS) is 9.73. The zero-order chi connectivity index (χ0) is 8.43. The van der Waals surface area contributed by atoms with Crippen LogP contribution in [0.25, 0.3) is 0 Å². The molecule has 2 heteroatoms. The van der Waals surface area contributed by atoms with Crippen molar-refractivity contribution in [2.75, 3.05) is 0 Å². The summed E-state index contributed by atoms with van der Waals surface area (Å²) < 4.78 is 0. The Morgan fingerprint density at radius 3 is 2.45 bits per heavy atom. The van der Waals surface area contributed by atoms with Crippen LogP contribution in [0.5, 0.6) is 0 Å². The van der Waals surface area contributed by atoms with Gasteiger partial charge in [0.1, 0.15) is 0 Å². The Balaban J connectivity index is 3.23. The Bertz CT molecular complexity index is 292. The minimum absolute atomic E-state index is 0.0613. The number of aryl methyl sites for hydroxylation is 2. The highest BCUT2D eigenvalue weighted by Gasteiger charge is 2.02. The van der Waals surface area contributed by atoms with Crippen molar-refractivity contribution in [1.29, 1.82) is 0 Å². The molecule has 0 fully saturated rings. The van der Waals surface area contributed by atoms with Gasteiger partial charge in [-0.15, -0.1) is 0 Å². The molecule has 1 rings (SSSR count). The summed E-state index contributed by atoms with van der Waals surface area (Å²) in [4.78, 5) is 11.0. The third kappa shape index (κ3) is 1.87. The van der Waals surface area contributed by atoms with Crippen molar-refractivity contribution in [2.24, 2.45) is 0 Å². The van der Waals surface area contributed by atoms with E-state index in [4.69, 9.17) is 0 Å². The van der Waals surface area contributed by atoms with Crippen molar-refractivity contribution in [2.45, 2.75) is 13.8 Å². The molecule has 1 aromatic rings. The fraction of sp³-hybridized carbons (Fsp3) is 0.222. The maximum Gasteiger partial charge on any atom is 0.178 e. The highest BCUT2D eigenvalue weighted by atomic mass is 31.0. The van der Waals surface area contributed by atoms with Crippen molar-refractivity contribution >= 4 is 14.8 Å². The maximum atomic E-state index is 11.0. The second-order valence-corrected chi connectivity index (χ2v) is 3.21. The lowest BCUT2D eigenvalue weighted by Gasteiger charge is -2.01. The Hall–Kier alpha value is -0.680. The van der Waals surface area contributed by atoms with Crippen LogP contribution in [0.1, 0.15) is 21.5 Å². The van der Waals surface area contributed by atoms with Crippen LogP contribution in [0.3, 0.4) is 0 Å². The molecule has 0 aliphatic rings. The van der Waals surface area contributed by atoms with Crippen LogP contribution in [-0.4, -0.2) is 5.52 Å². The Kier molecular flexibility index (Phi) is 2.41. The van der Waals surface area contributed by atoms with E-state index in [-0.39, 0.29) is 5.52 Å². The van der Waals surface area contributed by atoms with E-state index in [1.165, 1.54) is 0 Å². The average molecular weight is 166 g/mol. The molecule has 1 unspecified atom stereocenters. The summed E-state index contributed by atoms with van der Waals surface area (Å²) in [5.74, 6) is 0. The van der Waals surface area contributed by atoms with Crippen LogP contribution >= 0.6 is 9.24 Å². The molecule has 1 atom stereocenters. The van der Waals surface area contributed by atoms with E-state index >= 15 is 0 Å². The predicted molar refractivity (Wildman–Crippen MR) is 50.0 cm³/mol. The molecule has 0 amide bonds. The van der Waals surface area contributed by atoms with Gasteiger partial charge in [0.15, 0.2) is 5.52 Å². The van der Waals surface area contributed by atoms with Gasteiger partial charge in [0.05, 0.1) is 0 Å². The van der Waals surface area contributed by atoms with Gasteiger partial charge in [-0.1, -0.05) is 26.9 Å². The summed E-state index contributed by atoms with van der Waals surface area (Å²) in [5.41, 5.74) is 3.03. The van der Waals surface area contributed by atoms with E-state index in [0.29, 0.717) is 0 Å². The molecule has 0 heterocycles. The predicted octanol–water partition coefficient (Wildman–Crippen LogP) is 2.32. The zero-order valence-electron chi connectivity index (χ0n) is 6.72. The smallest absolute Gasteiger partial charge is 0.178 e. The Morgan fingerprint density at radius 1 is 1.36 bits per heavy atom. The number of carbonyl (C=O) groups excluding carboxylic acids is 1. The molecule has 0 aliphatic carbocycles. The van der Waals surface area contributed by atoms with Gasteiger partial charge in [0.25, 0.3) is 0 Å². The lowest BCUT2D eigenvalue weighted by Crippen LogP contribution is -1.92. The van der Waals surface area contributed by atoms with E-state index in [1.807, 2.05) is 32.0 Å². The van der Waals surface area contributed by atoms with Crippen LogP contribution in [0.4, 0.5) is 0 Å². The van der Waals surface area contributed by atoms with E-state index in [2.05, 4.69) is 9.24 Å². The SMILES string of the molecule is Cc1ccc(C)c(C(=O)P)c1. The minimum atomic E-state index is 0.0613. The molecule has 0 saturated carbocycles. The second kappa shape index (κ2) is 3.15. The lowest BCUT2D eigenvalue weighted by molar-refractivity contribution is 0.108. The molecular weight excluding hydrogens is 155 g/mol. The van der Waals surface area contributed by atoms with Crippen molar-refractivity contribution in [1.82, 2.24) is 0 Å². The van der Waals surface area contributed by atoms with E-state index < -0.39 is 0 Å². The molecule has 0 aromatic heterocycles. The lowest BCUT2D eigenvalue weighted by atomic mass is 10.1. The molecule has 1 nitrogen and oxygen atoms in total. The van der Waals surface area contributed by atoms with E-state index in [1.54, 1.807) is 0 Å². The topological polar surface area (TPSA) is 17.1 Å². The summed E-state index contributed by atoms with van der Waals surface area (Å²) in [6.45, 7) is 3.92. The number of carbonyl (C=O) groups is 1. The number of hydrogen-bond donors (Lipinski definition) is 0. The highest BCUT2D eigenvalue weighted by molar-refractivity contribution is 7.41. The van der Waals surface area contributed by atoms with Crippen LogP contribution in [0.2, 0.25) is 0 Å². The minimum Gasteiger partial charge on any atom is -0.290 e. The molecule has 0 spiro atoms. The van der Waals surface area contributed by atoms with Gasteiger partial charge in [0, 0.05) is 5.56 Å². The third-order valence-corrected chi connectivity index (χ3v) is 1.97. The quantitative estimate of drug-likeness (QED) is 0.585. The first-order valence-corrected chi connectivity index (χ1v) is 4.06. The first-order valence-electron chi connectivity index (χ1n) is 3.48. The van der Waals surface area contributed by atoms with Gasteiger partial charge in [-0.25, -0.2) is 0 Å². The van der Waals surface area contributed by atoms with Gasteiger partial charge >= 0.3 is 0 Å².